The smallest absolute Gasteiger partial charge is 0.127 e. The van der Waals surface area contributed by atoms with Crippen molar-refractivity contribution in [2.45, 2.75) is 58.8 Å². The second-order valence-corrected chi connectivity index (χ2v) is 9.81. The summed E-state index contributed by atoms with van der Waals surface area (Å²) in [6, 6.07) is 7.60. The fourth-order valence-corrected chi connectivity index (χ4v) is 4.22. The summed E-state index contributed by atoms with van der Waals surface area (Å²) in [5.41, 5.74) is 2.88. The van der Waals surface area contributed by atoms with Crippen molar-refractivity contribution in [3.05, 3.63) is 56.6 Å². The molecule has 4 nitrogen and oxygen atoms in total. The van der Waals surface area contributed by atoms with E-state index in [2.05, 4.69) is 34.6 Å². The molecule has 0 aromatic heterocycles. The summed E-state index contributed by atoms with van der Waals surface area (Å²) in [6.45, 7) is 12.7. The summed E-state index contributed by atoms with van der Waals surface area (Å²) in [4.78, 5) is 0. The molecule has 0 heterocycles. The molecule has 0 saturated carbocycles. The van der Waals surface area contributed by atoms with Gasteiger partial charge in [0.25, 0.3) is 0 Å². The number of rotatable bonds is 10. The third-order valence-corrected chi connectivity index (χ3v) is 6.36. The summed E-state index contributed by atoms with van der Waals surface area (Å²) in [5.74, 6) is 1.41. The lowest BCUT2D eigenvalue weighted by molar-refractivity contribution is 0.194. The van der Waals surface area contributed by atoms with Gasteiger partial charge < -0.3 is 19.7 Å². The van der Waals surface area contributed by atoms with Gasteiger partial charge in [0.1, 0.15) is 24.7 Å². The molecule has 0 unspecified atom stereocenters. The van der Waals surface area contributed by atoms with Gasteiger partial charge in [-0.15, -0.1) is 0 Å². The minimum absolute atomic E-state index is 0.0845. The molecule has 0 aliphatic rings. The Morgan fingerprint density at radius 1 is 0.774 bits per heavy atom. The fourth-order valence-electron chi connectivity index (χ4n) is 3.73. The molecule has 0 bridgehead atoms. The Labute approximate surface area is 196 Å². The Bertz CT molecular complexity index is 907. The molecule has 2 aromatic rings. The molecule has 2 aromatic carbocycles. The van der Waals surface area contributed by atoms with Crippen LogP contribution in [0.2, 0.25) is 10.0 Å². The van der Waals surface area contributed by atoms with Gasteiger partial charge in [-0.25, -0.2) is 0 Å². The standard InChI is InChI=1S/C25H34Cl2O4/c1-7-24(3,4)19-13-18(27)15-21(23(19)31-11-9-29)25(5,6)20-14-17(26)12-16(2)22(20)30-10-8-28/h12-15,28-29H,7-11H2,1-6H3. The van der Waals surface area contributed by atoms with Gasteiger partial charge in [-0.1, -0.05) is 57.8 Å². The number of halogens is 2. The highest BCUT2D eigenvalue weighted by Crippen LogP contribution is 2.48. The van der Waals surface area contributed by atoms with Crippen LogP contribution < -0.4 is 9.47 Å². The van der Waals surface area contributed by atoms with Gasteiger partial charge in [0.2, 0.25) is 0 Å². The molecular weight excluding hydrogens is 435 g/mol. The first-order valence-corrected chi connectivity index (χ1v) is 11.4. The number of aliphatic hydroxyl groups excluding tert-OH is 2. The zero-order chi connectivity index (χ0) is 23.4. The minimum atomic E-state index is -0.589. The van der Waals surface area contributed by atoms with E-state index in [1.807, 2.05) is 31.2 Å². The SMILES string of the molecule is CCC(C)(C)c1cc(Cl)cc(C(C)(C)c2cc(Cl)cc(C)c2OCCO)c1OCCO. The Morgan fingerprint density at radius 2 is 1.23 bits per heavy atom. The maximum atomic E-state index is 9.45. The monoisotopic (exact) mass is 468 g/mol. The lowest BCUT2D eigenvalue weighted by atomic mass is 9.73. The normalized spacial score (nSPS) is 12.2. The maximum Gasteiger partial charge on any atom is 0.127 e. The number of aliphatic hydroxyl groups is 2. The van der Waals surface area contributed by atoms with Crippen molar-refractivity contribution < 1.29 is 19.7 Å². The van der Waals surface area contributed by atoms with E-state index in [0.29, 0.717) is 15.8 Å². The zero-order valence-corrected chi connectivity index (χ0v) is 20.8. The Hall–Kier alpha value is -1.46. The fraction of sp³-hybridized carbons (Fsp3) is 0.520. The highest BCUT2D eigenvalue weighted by molar-refractivity contribution is 6.31. The van der Waals surface area contributed by atoms with Crippen molar-refractivity contribution in [3.63, 3.8) is 0 Å². The van der Waals surface area contributed by atoms with Crippen molar-refractivity contribution in [2.24, 2.45) is 0 Å². The molecule has 0 aliphatic heterocycles. The van der Waals surface area contributed by atoms with Crippen LogP contribution in [0.3, 0.4) is 0 Å². The van der Waals surface area contributed by atoms with E-state index in [-0.39, 0.29) is 31.8 Å². The van der Waals surface area contributed by atoms with Crippen molar-refractivity contribution in [1.82, 2.24) is 0 Å². The molecule has 0 radical (unpaired) electrons. The topological polar surface area (TPSA) is 58.9 Å². The van der Waals surface area contributed by atoms with Crippen LogP contribution in [0.15, 0.2) is 24.3 Å². The van der Waals surface area contributed by atoms with Crippen LogP contribution in [0.5, 0.6) is 11.5 Å². The average Bonchev–Trinajstić information content (AvgIpc) is 2.71. The molecular formula is C25H34Cl2O4. The first kappa shape index (κ1) is 25.8. The molecule has 31 heavy (non-hydrogen) atoms. The lowest BCUT2D eigenvalue weighted by Crippen LogP contribution is -2.26. The van der Waals surface area contributed by atoms with Gasteiger partial charge in [-0.2, -0.15) is 0 Å². The van der Waals surface area contributed by atoms with Gasteiger partial charge in [0, 0.05) is 32.2 Å². The molecule has 2 rings (SSSR count). The minimum Gasteiger partial charge on any atom is -0.491 e. The summed E-state index contributed by atoms with van der Waals surface area (Å²) < 4.78 is 12.1. The number of hydrogen-bond acceptors (Lipinski definition) is 4. The van der Waals surface area contributed by atoms with Crippen LogP contribution in [0, 0.1) is 6.92 Å². The van der Waals surface area contributed by atoms with Crippen molar-refractivity contribution in [1.29, 1.82) is 0 Å². The molecule has 2 N–H and O–H groups in total. The van der Waals surface area contributed by atoms with Crippen LogP contribution in [-0.2, 0) is 10.8 Å². The van der Waals surface area contributed by atoms with Gasteiger partial charge in [-0.3, -0.25) is 0 Å². The van der Waals surface area contributed by atoms with Gasteiger partial charge in [-0.05, 0) is 48.6 Å². The van der Waals surface area contributed by atoms with E-state index in [4.69, 9.17) is 32.7 Å². The third-order valence-electron chi connectivity index (χ3n) is 5.93. The van der Waals surface area contributed by atoms with Gasteiger partial charge >= 0.3 is 0 Å². The second-order valence-electron chi connectivity index (χ2n) is 8.94. The van der Waals surface area contributed by atoms with Crippen LogP contribution in [0.4, 0.5) is 0 Å². The third kappa shape index (κ3) is 5.67. The second kappa shape index (κ2) is 10.4. The zero-order valence-electron chi connectivity index (χ0n) is 19.3. The highest BCUT2D eigenvalue weighted by Gasteiger charge is 2.35. The molecule has 0 fully saturated rings. The molecule has 6 heteroatoms. The number of hydrogen-bond donors (Lipinski definition) is 2. The summed E-state index contributed by atoms with van der Waals surface area (Å²) in [6.07, 6.45) is 0.893. The summed E-state index contributed by atoms with van der Waals surface area (Å²) in [5, 5.41) is 20.0. The lowest BCUT2D eigenvalue weighted by Gasteiger charge is -2.34. The van der Waals surface area contributed by atoms with Crippen LogP contribution in [0.25, 0.3) is 0 Å². The molecule has 172 valence electrons. The van der Waals surface area contributed by atoms with Gasteiger partial charge in [0.15, 0.2) is 0 Å². The molecule has 0 spiro atoms. The van der Waals surface area contributed by atoms with E-state index in [9.17, 15) is 10.2 Å². The van der Waals surface area contributed by atoms with Crippen molar-refractivity contribution in [2.75, 3.05) is 26.4 Å². The summed E-state index contributed by atoms with van der Waals surface area (Å²) >= 11 is 13.0. The van der Waals surface area contributed by atoms with Crippen molar-refractivity contribution >= 4 is 23.2 Å². The van der Waals surface area contributed by atoms with E-state index in [0.717, 1.165) is 34.4 Å². The van der Waals surface area contributed by atoms with Crippen LogP contribution in [-0.4, -0.2) is 36.6 Å². The van der Waals surface area contributed by atoms with Crippen LogP contribution in [0.1, 0.15) is 63.3 Å². The number of ether oxygens (including phenoxy) is 2. The van der Waals surface area contributed by atoms with E-state index >= 15 is 0 Å². The molecule has 0 atom stereocenters. The van der Waals surface area contributed by atoms with Gasteiger partial charge in [0.05, 0.1) is 13.2 Å². The number of aryl methyl sites for hydroxylation is 1. The first-order valence-electron chi connectivity index (χ1n) is 10.6. The van der Waals surface area contributed by atoms with Crippen molar-refractivity contribution in [3.8, 4) is 11.5 Å². The van der Waals surface area contributed by atoms with Crippen LogP contribution >= 0.6 is 23.2 Å². The Balaban J connectivity index is 2.82. The quantitative estimate of drug-likeness (QED) is 0.444. The largest absolute Gasteiger partial charge is 0.491 e. The van der Waals surface area contributed by atoms with E-state index in [1.165, 1.54) is 0 Å². The highest BCUT2D eigenvalue weighted by atomic mass is 35.5. The molecule has 0 saturated heterocycles. The average molecular weight is 469 g/mol. The molecule has 0 aliphatic carbocycles. The van der Waals surface area contributed by atoms with E-state index in [1.54, 1.807) is 0 Å². The summed E-state index contributed by atoms with van der Waals surface area (Å²) in [7, 11) is 0. The predicted molar refractivity (Wildman–Crippen MR) is 128 cm³/mol. The Kier molecular flexibility index (Phi) is 8.69. The predicted octanol–water partition coefficient (Wildman–Crippen LogP) is 6.06. The number of benzene rings is 2. The maximum absolute atomic E-state index is 9.45. The first-order chi connectivity index (χ1) is 14.5. The van der Waals surface area contributed by atoms with E-state index < -0.39 is 5.41 Å². The Morgan fingerprint density at radius 3 is 1.74 bits per heavy atom. The molecule has 0 amide bonds.